The van der Waals surface area contributed by atoms with Crippen LogP contribution in [0.5, 0.6) is 0 Å². The van der Waals surface area contributed by atoms with Gasteiger partial charge in [-0.15, -0.1) is 0 Å². The second kappa shape index (κ2) is 10.2. The average molecular weight is 463 g/mol. The zero-order valence-electron chi connectivity index (χ0n) is 17.5. The number of hydrogen-bond acceptors (Lipinski definition) is 3. The second-order valence-corrected chi connectivity index (χ2v) is 8.49. The second-order valence-electron chi connectivity index (χ2n) is 7.26. The van der Waals surface area contributed by atoms with Gasteiger partial charge in [-0.05, 0) is 85.1 Å². The molecule has 0 radical (unpaired) electrons. The van der Waals surface area contributed by atoms with Crippen molar-refractivity contribution in [1.82, 2.24) is 9.62 Å². The van der Waals surface area contributed by atoms with E-state index in [2.05, 4.69) is 5.32 Å². The van der Waals surface area contributed by atoms with Crippen LogP contribution in [-0.4, -0.2) is 23.3 Å². The maximum Gasteiger partial charge on any atom is 0.416 e. The fraction of sp³-hybridized carbons (Fsp3) is 0.208. The monoisotopic (exact) mass is 462 g/mol. The zero-order valence-corrected chi connectivity index (χ0v) is 18.3. The molecule has 0 aliphatic carbocycles. The van der Waals surface area contributed by atoms with E-state index < -0.39 is 17.8 Å². The van der Waals surface area contributed by atoms with E-state index in [0.29, 0.717) is 5.56 Å². The van der Waals surface area contributed by atoms with Crippen LogP contribution < -0.4 is 5.32 Å². The first kappa shape index (κ1) is 23.8. The van der Waals surface area contributed by atoms with Crippen molar-refractivity contribution in [1.29, 1.82) is 0 Å². The summed E-state index contributed by atoms with van der Waals surface area (Å²) in [5.74, 6) is -0.497. The number of nitrogens with zero attached hydrogens (tertiary/aromatic N) is 1. The van der Waals surface area contributed by atoms with Crippen LogP contribution >= 0.6 is 11.9 Å². The van der Waals surface area contributed by atoms with Gasteiger partial charge in [0.1, 0.15) is 5.82 Å². The van der Waals surface area contributed by atoms with Crippen LogP contribution in [0.25, 0.3) is 11.1 Å². The summed E-state index contributed by atoms with van der Waals surface area (Å²) in [6, 6.07) is 17.9. The molecule has 1 N–H and O–H groups in total. The molecule has 0 aliphatic heterocycles. The van der Waals surface area contributed by atoms with Crippen molar-refractivity contribution in [2.75, 3.05) is 7.05 Å². The maximum atomic E-state index is 13.0. The molecule has 3 nitrogen and oxygen atoms in total. The van der Waals surface area contributed by atoms with Crippen molar-refractivity contribution in [3.63, 3.8) is 0 Å². The van der Waals surface area contributed by atoms with Crippen LogP contribution in [0.3, 0.4) is 0 Å². The Hall–Kier alpha value is -2.84. The van der Waals surface area contributed by atoms with E-state index in [9.17, 15) is 22.4 Å². The molecule has 0 bridgehead atoms. The van der Waals surface area contributed by atoms with Crippen LogP contribution in [0.15, 0.2) is 77.7 Å². The number of halogens is 4. The number of carbonyl (C=O) groups is 1. The van der Waals surface area contributed by atoms with Crippen molar-refractivity contribution in [3.8, 4) is 11.1 Å². The van der Waals surface area contributed by atoms with Gasteiger partial charge in [-0.25, -0.2) is 8.70 Å². The van der Waals surface area contributed by atoms with Crippen LogP contribution in [0, 0.1) is 5.82 Å². The highest BCUT2D eigenvalue weighted by Gasteiger charge is 2.30. The van der Waals surface area contributed by atoms with Gasteiger partial charge >= 0.3 is 6.18 Å². The van der Waals surface area contributed by atoms with Crippen molar-refractivity contribution >= 4 is 17.9 Å². The minimum absolute atomic E-state index is 0.179. The summed E-state index contributed by atoms with van der Waals surface area (Å²) >= 11 is 1.34. The fourth-order valence-corrected chi connectivity index (χ4v) is 3.80. The molecule has 0 unspecified atom stereocenters. The molecule has 0 spiro atoms. The predicted octanol–water partition coefficient (Wildman–Crippen LogP) is 6.16. The molecule has 8 heteroatoms. The molecular weight excluding hydrogens is 440 g/mol. The number of nitrogens with one attached hydrogen (secondary N) is 1. The Kier molecular flexibility index (Phi) is 7.58. The summed E-state index contributed by atoms with van der Waals surface area (Å²) in [5, 5.41) is 2.88. The number of alkyl halides is 3. The average Bonchev–Trinajstić information content (AvgIpc) is 2.78. The number of rotatable bonds is 7. The van der Waals surface area contributed by atoms with Gasteiger partial charge in [0.2, 0.25) is 5.91 Å². The SMILES string of the molecule is C[C@@H](C(=O)NCc1cccc(-c2ccc(C(F)(F)F)cc2)c1)N(C)Sc1ccc(F)cc1. The van der Waals surface area contributed by atoms with E-state index in [0.717, 1.165) is 28.2 Å². The number of likely N-dealkylation sites (N-methyl/N-ethyl adjacent to an activating group) is 1. The molecule has 3 rings (SSSR count). The first-order chi connectivity index (χ1) is 15.1. The van der Waals surface area contributed by atoms with Gasteiger partial charge in [0.15, 0.2) is 0 Å². The lowest BCUT2D eigenvalue weighted by Gasteiger charge is -2.22. The molecule has 0 aliphatic rings. The van der Waals surface area contributed by atoms with Crippen LogP contribution in [0.4, 0.5) is 17.6 Å². The Bertz CT molecular complexity index is 1050. The first-order valence-corrected chi connectivity index (χ1v) is 10.6. The van der Waals surface area contributed by atoms with Gasteiger partial charge in [0.05, 0.1) is 11.6 Å². The molecular formula is C24H22F4N2OS. The van der Waals surface area contributed by atoms with E-state index >= 15 is 0 Å². The van der Waals surface area contributed by atoms with Gasteiger partial charge < -0.3 is 5.32 Å². The molecule has 0 saturated heterocycles. The van der Waals surface area contributed by atoms with Gasteiger partial charge in [0, 0.05) is 11.4 Å². The van der Waals surface area contributed by atoms with Gasteiger partial charge in [-0.1, -0.05) is 30.3 Å². The van der Waals surface area contributed by atoms with E-state index in [1.165, 1.54) is 36.2 Å². The van der Waals surface area contributed by atoms with E-state index in [1.54, 1.807) is 36.5 Å². The Morgan fingerprint density at radius 3 is 2.28 bits per heavy atom. The smallest absolute Gasteiger partial charge is 0.351 e. The van der Waals surface area contributed by atoms with Crippen molar-refractivity contribution < 1.29 is 22.4 Å². The summed E-state index contributed by atoms with van der Waals surface area (Å²) in [6.07, 6.45) is -4.37. The molecule has 168 valence electrons. The quantitative estimate of drug-likeness (QED) is 0.337. The zero-order chi connectivity index (χ0) is 23.3. The molecule has 3 aromatic carbocycles. The lowest BCUT2D eigenvalue weighted by atomic mass is 10.0. The normalized spacial score (nSPS) is 12.6. The highest BCUT2D eigenvalue weighted by atomic mass is 32.2. The summed E-state index contributed by atoms with van der Waals surface area (Å²) in [5.41, 5.74) is 1.57. The van der Waals surface area contributed by atoms with Gasteiger partial charge in [0.25, 0.3) is 0 Å². The largest absolute Gasteiger partial charge is 0.416 e. The van der Waals surface area contributed by atoms with Crippen molar-refractivity contribution in [2.24, 2.45) is 0 Å². The fourth-order valence-electron chi connectivity index (χ4n) is 2.96. The van der Waals surface area contributed by atoms with Crippen LogP contribution in [0.1, 0.15) is 18.1 Å². The Balaban J connectivity index is 1.59. The summed E-state index contributed by atoms with van der Waals surface area (Å²) in [6.45, 7) is 2.05. The summed E-state index contributed by atoms with van der Waals surface area (Å²) < 4.78 is 53.1. The third-order valence-electron chi connectivity index (χ3n) is 4.93. The van der Waals surface area contributed by atoms with Crippen LogP contribution in [-0.2, 0) is 17.5 Å². The Morgan fingerprint density at radius 1 is 1.00 bits per heavy atom. The topological polar surface area (TPSA) is 32.3 Å². The van der Waals surface area contributed by atoms with Crippen LogP contribution in [0.2, 0.25) is 0 Å². The minimum atomic E-state index is -4.37. The molecule has 0 fully saturated rings. The highest BCUT2D eigenvalue weighted by Crippen LogP contribution is 2.31. The van der Waals surface area contributed by atoms with Gasteiger partial charge in [-0.2, -0.15) is 13.2 Å². The minimum Gasteiger partial charge on any atom is -0.351 e. The maximum absolute atomic E-state index is 13.0. The van der Waals surface area contributed by atoms with Gasteiger partial charge in [-0.3, -0.25) is 4.79 Å². The van der Waals surface area contributed by atoms with E-state index in [-0.39, 0.29) is 18.3 Å². The molecule has 3 aromatic rings. The lowest BCUT2D eigenvalue weighted by Crippen LogP contribution is -2.40. The highest BCUT2D eigenvalue weighted by molar-refractivity contribution is 7.97. The Morgan fingerprint density at radius 2 is 1.66 bits per heavy atom. The molecule has 0 aromatic heterocycles. The number of amides is 1. The number of hydrogen-bond donors (Lipinski definition) is 1. The molecule has 32 heavy (non-hydrogen) atoms. The summed E-state index contributed by atoms with van der Waals surface area (Å²) in [4.78, 5) is 13.4. The summed E-state index contributed by atoms with van der Waals surface area (Å²) in [7, 11) is 1.78. The first-order valence-electron chi connectivity index (χ1n) is 9.84. The molecule has 1 amide bonds. The number of benzene rings is 3. The molecule has 0 heterocycles. The molecule has 1 atom stereocenters. The predicted molar refractivity (Wildman–Crippen MR) is 118 cm³/mol. The number of carbonyl (C=O) groups excluding carboxylic acids is 1. The van der Waals surface area contributed by atoms with Crippen molar-refractivity contribution in [2.45, 2.75) is 30.6 Å². The van der Waals surface area contributed by atoms with E-state index in [4.69, 9.17) is 0 Å². The lowest BCUT2D eigenvalue weighted by molar-refractivity contribution is -0.137. The Labute approximate surface area is 188 Å². The van der Waals surface area contributed by atoms with Crippen molar-refractivity contribution in [3.05, 3.63) is 89.7 Å². The van der Waals surface area contributed by atoms with E-state index in [1.807, 2.05) is 18.2 Å². The third-order valence-corrected chi connectivity index (χ3v) is 6.01. The standard InChI is InChI=1S/C24H22F4N2OS/c1-16(30(2)32-22-12-10-21(25)11-13-22)23(31)29-15-17-4-3-5-19(14-17)18-6-8-20(9-7-18)24(26,27)28/h3-14,16H,15H2,1-2H3,(H,29,31)/t16-/m0/s1. The third kappa shape index (κ3) is 6.34. The molecule has 0 saturated carbocycles.